The van der Waals surface area contributed by atoms with Crippen molar-refractivity contribution in [3.8, 4) is 0 Å². The first-order chi connectivity index (χ1) is 29.5. The summed E-state index contributed by atoms with van der Waals surface area (Å²) < 4.78 is 0. The van der Waals surface area contributed by atoms with Crippen molar-refractivity contribution in [3.05, 3.63) is 164 Å². The average Bonchev–Trinajstić information content (AvgIpc) is 3.20. The van der Waals surface area contributed by atoms with E-state index in [1.807, 2.05) is 0 Å². The van der Waals surface area contributed by atoms with Gasteiger partial charge in [0.2, 0.25) is 0 Å². The number of ketones is 2. The number of rotatable bonds is 27. The fraction of sp³-hybridized carbons (Fsp3) is 0.500. The molecule has 0 aliphatic heterocycles. The van der Waals surface area contributed by atoms with Crippen molar-refractivity contribution in [3.63, 3.8) is 0 Å². The highest BCUT2D eigenvalue weighted by Gasteiger charge is 2.00. The van der Waals surface area contributed by atoms with Crippen LogP contribution in [0.5, 0.6) is 0 Å². The maximum atomic E-state index is 10.3. The highest BCUT2D eigenvalue weighted by atomic mass is 16.1. The molecular weight excluding hydrogens is 753 g/mol. The number of carbonyl (C=O) groups is 2. The molecule has 340 valence electrons. The summed E-state index contributed by atoms with van der Waals surface area (Å²) in [5, 5.41) is 0. The molecule has 0 N–H and O–H groups in total. The minimum Gasteiger partial charge on any atom is -0.290 e. The Bertz CT molecular complexity index is 1820. The van der Waals surface area contributed by atoms with Gasteiger partial charge in [0.15, 0.2) is 11.6 Å². The molecule has 0 atom stereocenters. The Hall–Kier alpha value is -4.30. The highest BCUT2D eigenvalue weighted by Crippen LogP contribution is 2.18. The van der Waals surface area contributed by atoms with Gasteiger partial charge in [-0.15, -0.1) is 0 Å². The van der Waals surface area contributed by atoms with Gasteiger partial charge in [-0.25, -0.2) is 0 Å². The van der Waals surface area contributed by atoms with Crippen LogP contribution in [0.2, 0.25) is 0 Å². The van der Waals surface area contributed by atoms with E-state index in [9.17, 15) is 9.59 Å². The number of hydrogen-bond acceptors (Lipinski definition) is 2. The molecule has 1 aliphatic rings. The molecule has 2 rings (SSSR count). The largest absolute Gasteiger partial charge is 0.290 e. The van der Waals surface area contributed by atoms with Crippen LogP contribution in [0.1, 0.15) is 195 Å². The summed E-state index contributed by atoms with van der Waals surface area (Å²) in [7, 11) is 0. The molecule has 2 heteroatoms. The van der Waals surface area contributed by atoms with Crippen molar-refractivity contribution < 1.29 is 9.59 Å². The molecule has 0 heterocycles. The Labute approximate surface area is 382 Å². The first-order valence-corrected chi connectivity index (χ1v) is 23.9. The zero-order valence-corrected chi connectivity index (χ0v) is 41.8. The van der Waals surface area contributed by atoms with Crippen LogP contribution in [-0.4, -0.2) is 11.6 Å². The lowest BCUT2D eigenvalue weighted by molar-refractivity contribution is -0.113. The standard InChI is InChI=1S/C54H84.C6H4O2/c1-43(2)22-13-23-44(3)24-14-25-45(4)26-15-27-46(5)28-16-29-47(6)30-17-31-48(7)32-18-33-49(8)34-19-35-50(9)36-20-37-51(10)38-21-39-54-41-40-52(11)53(12)42-54;7-5-1-2-6(8)4-3-5/h22,24,26,28,30,32,34,36,38,40-42H,13-21,23,25,27,29,31,33,35,37,39H2,1-12H3;1-4H. The molecule has 0 saturated heterocycles. The quantitative estimate of drug-likeness (QED) is 0.0653. The van der Waals surface area contributed by atoms with Gasteiger partial charge in [0.1, 0.15) is 0 Å². The van der Waals surface area contributed by atoms with Gasteiger partial charge < -0.3 is 0 Å². The summed E-state index contributed by atoms with van der Waals surface area (Å²) in [6.07, 6.45) is 48.0. The molecule has 1 aromatic rings. The van der Waals surface area contributed by atoms with E-state index in [0.29, 0.717) is 0 Å². The van der Waals surface area contributed by atoms with E-state index >= 15 is 0 Å². The first kappa shape index (κ1) is 55.7. The molecular formula is C60H88O2. The number of aryl methyl sites for hydroxylation is 3. The van der Waals surface area contributed by atoms with E-state index in [-0.39, 0.29) is 11.6 Å². The zero-order chi connectivity index (χ0) is 46.1. The fourth-order valence-corrected chi connectivity index (χ4v) is 7.11. The zero-order valence-electron chi connectivity index (χ0n) is 41.8. The van der Waals surface area contributed by atoms with Crippen LogP contribution >= 0.6 is 0 Å². The SMILES string of the molecule is CC(C)=CCCC(C)=CCCC(C)=CCCC(C)=CCCC(C)=CCCC(C)=CCCC(C)=CCCC(C)=CCCC(C)=CCCc1ccc(C)c(C)c1.O=C1C=CC(=O)C=C1. The van der Waals surface area contributed by atoms with Gasteiger partial charge in [-0.1, -0.05) is 123 Å². The van der Waals surface area contributed by atoms with Gasteiger partial charge in [0.05, 0.1) is 0 Å². The van der Waals surface area contributed by atoms with Crippen LogP contribution in [-0.2, 0) is 16.0 Å². The molecule has 2 nitrogen and oxygen atoms in total. The van der Waals surface area contributed by atoms with Crippen LogP contribution in [0.4, 0.5) is 0 Å². The first-order valence-electron chi connectivity index (χ1n) is 23.9. The predicted molar refractivity (Wildman–Crippen MR) is 276 cm³/mol. The summed E-state index contributed by atoms with van der Waals surface area (Å²) >= 11 is 0. The van der Waals surface area contributed by atoms with Crippen molar-refractivity contribution in [2.75, 3.05) is 0 Å². The highest BCUT2D eigenvalue weighted by molar-refractivity contribution is 6.14. The van der Waals surface area contributed by atoms with Crippen molar-refractivity contribution in [1.82, 2.24) is 0 Å². The van der Waals surface area contributed by atoms with E-state index < -0.39 is 0 Å². The van der Waals surface area contributed by atoms with E-state index in [2.05, 4.69) is 156 Å². The number of allylic oxidation sites excluding steroid dienone is 22. The van der Waals surface area contributed by atoms with Crippen molar-refractivity contribution in [2.45, 2.75) is 199 Å². The van der Waals surface area contributed by atoms with Crippen LogP contribution in [0.25, 0.3) is 0 Å². The Kier molecular flexibility index (Phi) is 30.8. The Morgan fingerprint density at radius 1 is 0.355 bits per heavy atom. The second kappa shape index (κ2) is 34.2. The maximum absolute atomic E-state index is 10.3. The summed E-state index contributed by atoms with van der Waals surface area (Å²) in [6, 6.07) is 6.88. The molecule has 0 radical (unpaired) electrons. The lowest BCUT2D eigenvalue weighted by atomic mass is 10.0. The summed E-state index contributed by atoms with van der Waals surface area (Å²) in [5.41, 5.74) is 17.9. The topological polar surface area (TPSA) is 34.1 Å². The van der Waals surface area contributed by atoms with Gasteiger partial charge in [0.25, 0.3) is 0 Å². The van der Waals surface area contributed by atoms with Crippen LogP contribution in [0, 0.1) is 13.8 Å². The van der Waals surface area contributed by atoms with Gasteiger partial charge in [-0.2, -0.15) is 0 Å². The van der Waals surface area contributed by atoms with Gasteiger partial charge >= 0.3 is 0 Å². The predicted octanol–water partition coefficient (Wildman–Crippen LogP) is 18.3. The Morgan fingerprint density at radius 3 is 0.871 bits per heavy atom. The molecule has 0 spiro atoms. The molecule has 0 bridgehead atoms. The molecule has 62 heavy (non-hydrogen) atoms. The number of benzene rings is 1. The summed E-state index contributed by atoms with van der Waals surface area (Å²) in [5.74, 6) is -0.241. The minimum atomic E-state index is -0.121. The summed E-state index contributed by atoms with van der Waals surface area (Å²) in [4.78, 5) is 20.6. The van der Waals surface area contributed by atoms with Gasteiger partial charge in [0, 0.05) is 0 Å². The lowest BCUT2D eigenvalue weighted by Gasteiger charge is -2.05. The Morgan fingerprint density at radius 2 is 0.613 bits per heavy atom. The molecule has 1 aromatic carbocycles. The second-order valence-electron chi connectivity index (χ2n) is 18.4. The lowest BCUT2D eigenvalue weighted by Crippen LogP contribution is -1.97. The van der Waals surface area contributed by atoms with E-state index in [1.165, 1.54) is 162 Å². The van der Waals surface area contributed by atoms with Crippen molar-refractivity contribution in [2.24, 2.45) is 0 Å². The molecule has 0 aromatic heterocycles. The maximum Gasteiger partial charge on any atom is 0.178 e. The van der Waals surface area contributed by atoms with Crippen molar-refractivity contribution in [1.29, 1.82) is 0 Å². The Balaban J connectivity index is 0.00000214. The van der Waals surface area contributed by atoms with Gasteiger partial charge in [-0.3, -0.25) is 9.59 Å². The number of carbonyl (C=O) groups excluding carboxylic acids is 2. The molecule has 1 aliphatic carbocycles. The van der Waals surface area contributed by atoms with Gasteiger partial charge in [-0.05, 0) is 240 Å². The third-order valence-corrected chi connectivity index (χ3v) is 11.6. The van der Waals surface area contributed by atoms with Crippen LogP contribution < -0.4 is 0 Å². The second-order valence-corrected chi connectivity index (χ2v) is 18.4. The van der Waals surface area contributed by atoms with E-state index in [1.54, 1.807) is 0 Å². The van der Waals surface area contributed by atoms with E-state index in [4.69, 9.17) is 0 Å². The smallest absolute Gasteiger partial charge is 0.178 e. The van der Waals surface area contributed by atoms with E-state index in [0.717, 1.165) is 44.9 Å². The summed E-state index contributed by atoms with van der Waals surface area (Å²) in [6.45, 7) is 27.2. The third kappa shape index (κ3) is 31.5. The van der Waals surface area contributed by atoms with Crippen LogP contribution in [0.15, 0.2) is 147 Å². The molecule has 0 fully saturated rings. The third-order valence-electron chi connectivity index (χ3n) is 11.6. The molecule has 0 saturated carbocycles. The van der Waals surface area contributed by atoms with Crippen LogP contribution in [0.3, 0.4) is 0 Å². The number of hydrogen-bond donors (Lipinski definition) is 0. The fourth-order valence-electron chi connectivity index (χ4n) is 7.11. The van der Waals surface area contributed by atoms with Crippen molar-refractivity contribution >= 4 is 11.6 Å². The monoisotopic (exact) mass is 841 g/mol. The average molecular weight is 841 g/mol. The molecule has 0 amide bonds. The minimum absolute atomic E-state index is 0.121. The normalized spacial score (nSPS) is 14.7. The molecule has 0 unspecified atom stereocenters.